The molecule has 0 N–H and O–H groups in total. The second kappa shape index (κ2) is 13.9. The highest BCUT2D eigenvalue weighted by Gasteiger charge is 2.25. The molecule has 28 heavy (non-hydrogen) atoms. The van der Waals surface area contributed by atoms with Crippen molar-refractivity contribution >= 4 is 11.9 Å². The van der Waals surface area contributed by atoms with Crippen LogP contribution >= 0.6 is 0 Å². The lowest BCUT2D eigenvalue weighted by Crippen LogP contribution is -2.28. The first-order valence-electron chi connectivity index (χ1n) is 10.8. The Bertz CT molecular complexity index is 444. The van der Waals surface area contributed by atoms with Gasteiger partial charge in [0, 0.05) is 6.42 Å². The Hall–Kier alpha value is -1.14. The average molecular weight is 403 g/mol. The number of rotatable bonds is 16. The molecule has 1 unspecified atom stereocenters. The molecule has 0 aliphatic rings. The Labute approximate surface area is 171 Å². The molecule has 0 rings (SSSR count). The fourth-order valence-electron chi connectivity index (χ4n) is 2.21. The topological polar surface area (TPSA) is 71.1 Å². The van der Waals surface area contributed by atoms with E-state index < -0.39 is 11.2 Å². The van der Waals surface area contributed by atoms with Crippen molar-refractivity contribution < 1.29 is 29.1 Å². The molecule has 0 saturated carbocycles. The SMILES string of the molecule is CCCCC(CCCCCC(=O)OOC(C)(C)CC)C(=O)OOC(C)(C)CC. The zero-order valence-electron chi connectivity index (χ0n) is 19.1. The Morgan fingerprint density at radius 1 is 0.750 bits per heavy atom. The van der Waals surface area contributed by atoms with Crippen LogP contribution in [0.15, 0.2) is 0 Å². The van der Waals surface area contributed by atoms with Crippen molar-refractivity contribution in [3.63, 3.8) is 0 Å². The van der Waals surface area contributed by atoms with Crippen LogP contribution in [0.5, 0.6) is 0 Å². The Morgan fingerprint density at radius 3 is 1.82 bits per heavy atom. The maximum absolute atomic E-state index is 12.4. The van der Waals surface area contributed by atoms with E-state index in [0.717, 1.165) is 51.4 Å². The van der Waals surface area contributed by atoms with Crippen LogP contribution in [0, 0.1) is 5.92 Å². The number of carbonyl (C=O) groups is 2. The first kappa shape index (κ1) is 26.9. The van der Waals surface area contributed by atoms with Gasteiger partial charge < -0.3 is 0 Å². The summed E-state index contributed by atoms with van der Waals surface area (Å²) in [4.78, 5) is 44.5. The molecule has 0 aliphatic heterocycles. The molecule has 0 aliphatic carbocycles. The summed E-state index contributed by atoms with van der Waals surface area (Å²) >= 11 is 0. The molecule has 6 heteroatoms. The van der Waals surface area contributed by atoms with Gasteiger partial charge in [-0.3, -0.25) is 9.78 Å². The summed E-state index contributed by atoms with van der Waals surface area (Å²) in [5.74, 6) is -0.795. The van der Waals surface area contributed by atoms with Crippen LogP contribution in [0.1, 0.15) is 113 Å². The smallest absolute Gasteiger partial charge is 0.298 e. The van der Waals surface area contributed by atoms with Gasteiger partial charge in [-0.05, 0) is 59.8 Å². The lowest BCUT2D eigenvalue weighted by atomic mass is 9.95. The minimum Gasteiger partial charge on any atom is -0.298 e. The molecule has 0 saturated heterocycles. The summed E-state index contributed by atoms with van der Waals surface area (Å²) in [5, 5.41) is 0. The molecule has 166 valence electrons. The first-order valence-corrected chi connectivity index (χ1v) is 10.8. The van der Waals surface area contributed by atoms with E-state index >= 15 is 0 Å². The van der Waals surface area contributed by atoms with Crippen molar-refractivity contribution in [2.24, 2.45) is 5.92 Å². The van der Waals surface area contributed by atoms with Gasteiger partial charge in [-0.2, -0.15) is 9.78 Å². The van der Waals surface area contributed by atoms with E-state index in [-0.39, 0.29) is 17.9 Å². The minimum atomic E-state index is -0.472. The third-order valence-corrected chi connectivity index (χ3v) is 5.09. The highest BCUT2D eigenvalue weighted by Crippen LogP contribution is 2.22. The maximum Gasteiger partial charge on any atom is 0.345 e. The summed E-state index contributed by atoms with van der Waals surface area (Å²) in [7, 11) is 0. The molecule has 0 amide bonds. The molecule has 0 aromatic carbocycles. The number of hydrogen-bond acceptors (Lipinski definition) is 6. The van der Waals surface area contributed by atoms with E-state index in [1.807, 2.05) is 41.5 Å². The molecular weight excluding hydrogens is 360 g/mol. The van der Waals surface area contributed by atoms with Gasteiger partial charge in [0.1, 0.15) is 11.2 Å². The van der Waals surface area contributed by atoms with Crippen molar-refractivity contribution in [3.05, 3.63) is 0 Å². The van der Waals surface area contributed by atoms with E-state index in [4.69, 9.17) is 19.6 Å². The van der Waals surface area contributed by atoms with E-state index in [9.17, 15) is 9.59 Å². The molecule has 0 aromatic rings. The predicted molar refractivity (Wildman–Crippen MR) is 109 cm³/mol. The van der Waals surface area contributed by atoms with Crippen molar-refractivity contribution in [1.82, 2.24) is 0 Å². The first-order chi connectivity index (χ1) is 13.1. The van der Waals surface area contributed by atoms with Gasteiger partial charge in [-0.1, -0.05) is 46.5 Å². The van der Waals surface area contributed by atoms with Crippen molar-refractivity contribution in [1.29, 1.82) is 0 Å². The maximum atomic E-state index is 12.4. The van der Waals surface area contributed by atoms with Crippen LogP contribution in [-0.4, -0.2) is 23.1 Å². The van der Waals surface area contributed by atoms with Gasteiger partial charge in [0.15, 0.2) is 0 Å². The fourth-order valence-corrected chi connectivity index (χ4v) is 2.21. The Balaban J connectivity index is 4.18. The van der Waals surface area contributed by atoms with Gasteiger partial charge in [0.25, 0.3) is 0 Å². The van der Waals surface area contributed by atoms with Crippen molar-refractivity contribution in [3.8, 4) is 0 Å². The van der Waals surface area contributed by atoms with E-state index in [1.54, 1.807) is 0 Å². The fraction of sp³-hybridized carbons (Fsp3) is 0.909. The molecule has 0 fully saturated rings. The summed E-state index contributed by atoms with van der Waals surface area (Å²) in [6, 6.07) is 0. The molecule has 0 aromatic heterocycles. The largest absolute Gasteiger partial charge is 0.345 e. The monoisotopic (exact) mass is 402 g/mol. The standard InChI is InChI=1S/C22H42O6/c1-8-11-15-18(20(24)26-28-22(6,7)10-3)16-13-12-14-17-19(23)25-27-21(4,5)9-2/h18H,8-17H2,1-7H3. The molecule has 0 spiro atoms. The molecule has 0 radical (unpaired) electrons. The highest BCUT2D eigenvalue weighted by atomic mass is 17.2. The average Bonchev–Trinajstić information content (AvgIpc) is 2.66. The Kier molecular flexibility index (Phi) is 13.4. The molecular formula is C22H42O6. The van der Waals surface area contributed by atoms with Gasteiger partial charge in [-0.25, -0.2) is 9.59 Å². The van der Waals surface area contributed by atoms with Gasteiger partial charge in [0.2, 0.25) is 0 Å². The lowest BCUT2D eigenvalue weighted by molar-refractivity contribution is -0.328. The summed E-state index contributed by atoms with van der Waals surface area (Å²) in [5.41, 5.74) is -0.934. The quantitative estimate of drug-likeness (QED) is 0.177. The van der Waals surface area contributed by atoms with E-state index in [2.05, 4.69) is 6.92 Å². The highest BCUT2D eigenvalue weighted by molar-refractivity contribution is 5.71. The Morgan fingerprint density at radius 2 is 1.29 bits per heavy atom. The van der Waals surface area contributed by atoms with Crippen LogP contribution in [0.4, 0.5) is 0 Å². The third-order valence-electron chi connectivity index (χ3n) is 5.09. The molecule has 6 nitrogen and oxygen atoms in total. The summed E-state index contributed by atoms with van der Waals surface area (Å²) in [6.45, 7) is 13.6. The second-order valence-corrected chi connectivity index (χ2v) is 8.69. The number of hydrogen-bond donors (Lipinski definition) is 0. The normalized spacial score (nSPS) is 13.2. The van der Waals surface area contributed by atoms with Gasteiger partial charge in [-0.15, -0.1) is 0 Å². The van der Waals surface area contributed by atoms with E-state index in [1.165, 1.54) is 0 Å². The zero-order chi connectivity index (χ0) is 21.6. The van der Waals surface area contributed by atoms with Gasteiger partial charge >= 0.3 is 11.9 Å². The number of carbonyl (C=O) groups excluding carboxylic acids is 2. The van der Waals surface area contributed by atoms with E-state index in [0.29, 0.717) is 12.8 Å². The predicted octanol–water partition coefficient (Wildman–Crippen LogP) is 6.07. The van der Waals surface area contributed by atoms with Crippen molar-refractivity contribution in [2.45, 2.75) is 124 Å². The molecule has 0 heterocycles. The zero-order valence-corrected chi connectivity index (χ0v) is 19.1. The number of unbranched alkanes of at least 4 members (excludes halogenated alkanes) is 3. The van der Waals surface area contributed by atoms with Crippen molar-refractivity contribution in [2.75, 3.05) is 0 Å². The third kappa shape index (κ3) is 13.1. The van der Waals surface area contributed by atoms with Crippen LogP contribution in [0.3, 0.4) is 0 Å². The lowest BCUT2D eigenvalue weighted by Gasteiger charge is -2.22. The van der Waals surface area contributed by atoms with Crippen LogP contribution in [0.25, 0.3) is 0 Å². The molecule has 1 atom stereocenters. The van der Waals surface area contributed by atoms with Crippen LogP contribution < -0.4 is 0 Å². The minimum absolute atomic E-state index is 0.159. The van der Waals surface area contributed by atoms with Crippen LogP contribution in [0.2, 0.25) is 0 Å². The second-order valence-electron chi connectivity index (χ2n) is 8.69. The summed E-state index contributed by atoms with van der Waals surface area (Å²) < 4.78 is 0. The van der Waals surface area contributed by atoms with Gasteiger partial charge in [0.05, 0.1) is 5.92 Å². The molecule has 0 bridgehead atoms. The van der Waals surface area contributed by atoms with Crippen LogP contribution in [-0.2, 0) is 29.1 Å². The summed E-state index contributed by atoms with van der Waals surface area (Å²) in [6.07, 6.45) is 7.80.